The summed E-state index contributed by atoms with van der Waals surface area (Å²) in [6, 6.07) is 22.0. The molecule has 0 fully saturated rings. The number of aliphatic hydroxyl groups excluding tert-OH is 1. The van der Waals surface area contributed by atoms with Crippen molar-refractivity contribution in [2.45, 2.75) is 66.0 Å². The van der Waals surface area contributed by atoms with E-state index < -0.39 is 6.10 Å². The monoisotopic (exact) mass is 650 g/mol. The van der Waals surface area contributed by atoms with Crippen LogP contribution >= 0.6 is 0 Å². The number of hydrogen-bond acceptors (Lipinski definition) is 6. The summed E-state index contributed by atoms with van der Waals surface area (Å²) >= 11 is 0. The SMILES string of the molecule is CCCCOCCOc1ccc(-c2ccc3c(c2)C=C(C(=O)Nc2ccc(C(O)c4nccn4CCC)cc2)CCN3CC(C)C)cc1. The highest BCUT2D eigenvalue weighted by Gasteiger charge is 2.22. The lowest BCUT2D eigenvalue weighted by Gasteiger charge is -2.27. The van der Waals surface area contributed by atoms with Gasteiger partial charge in [-0.2, -0.15) is 0 Å². The Bertz CT molecular complexity index is 1640. The molecule has 48 heavy (non-hydrogen) atoms. The van der Waals surface area contributed by atoms with Gasteiger partial charge in [-0.25, -0.2) is 4.98 Å². The molecule has 1 atom stereocenters. The van der Waals surface area contributed by atoms with E-state index in [0.29, 0.717) is 37.1 Å². The number of hydrogen-bond donors (Lipinski definition) is 2. The first-order chi connectivity index (χ1) is 23.4. The molecule has 2 heterocycles. The zero-order chi connectivity index (χ0) is 33.9. The van der Waals surface area contributed by atoms with E-state index >= 15 is 0 Å². The summed E-state index contributed by atoms with van der Waals surface area (Å²) in [6.07, 6.45) is 8.59. The highest BCUT2D eigenvalue weighted by molar-refractivity contribution is 6.07. The third kappa shape index (κ3) is 9.14. The number of aryl methyl sites for hydroxylation is 1. The topological polar surface area (TPSA) is 88.9 Å². The van der Waals surface area contributed by atoms with E-state index in [1.165, 1.54) is 0 Å². The van der Waals surface area contributed by atoms with E-state index in [1.54, 1.807) is 6.20 Å². The second-order valence-corrected chi connectivity index (χ2v) is 12.8. The third-order valence-electron chi connectivity index (χ3n) is 8.49. The van der Waals surface area contributed by atoms with Crippen molar-refractivity contribution < 1.29 is 19.4 Å². The number of nitrogens with zero attached hydrogens (tertiary/aromatic N) is 3. The smallest absolute Gasteiger partial charge is 0.251 e. The number of imidazole rings is 1. The molecule has 4 aromatic rings. The standard InChI is InChI=1S/C40H50N4O4/c1-5-7-23-47-24-25-48-36-15-10-30(11-16-36)32-12-17-37-34(26-32)27-33(18-21-44(37)28-29(3)4)40(46)42-35-13-8-31(9-14-35)38(45)39-41-19-22-43(39)20-6-2/h8-17,19,22,26-27,29,38,45H,5-7,18,20-21,23-25,28H2,1-4H3,(H,42,46). The van der Waals surface area contributed by atoms with E-state index in [0.717, 1.165) is 84.8 Å². The number of carbonyl (C=O) groups is 1. The first-order valence-electron chi connectivity index (χ1n) is 17.4. The molecule has 1 unspecified atom stereocenters. The molecule has 0 bridgehead atoms. The fraction of sp³-hybridized carbons (Fsp3) is 0.400. The van der Waals surface area contributed by atoms with Crippen molar-refractivity contribution in [3.63, 3.8) is 0 Å². The van der Waals surface area contributed by atoms with Crippen molar-refractivity contribution in [1.29, 1.82) is 0 Å². The minimum Gasteiger partial charge on any atom is -0.491 e. The molecule has 0 spiro atoms. The number of aromatic nitrogens is 2. The van der Waals surface area contributed by atoms with Crippen LogP contribution in [0.5, 0.6) is 5.75 Å². The molecule has 1 aromatic heterocycles. The van der Waals surface area contributed by atoms with Gasteiger partial charge in [-0.1, -0.05) is 64.4 Å². The summed E-state index contributed by atoms with van der Waals surface area (Å²) in [5, 5.41) is 14.1. The van der Waals surface area contributed by atoms with Gasteiger partial charge in [0.15, 0.2) is 0 Å². The van der Waals surface area contributed by atoms with Crippen LogP contribution in [0.25, 0.3) is 17.2 Å². The quantitative estimate of drug-likeness (QED) is 0.119. The van der Waals surface area contributed by atoms with Gasteiger partial charge in [0.05, 0.1) is 6.61 Å². The van der Waals surface area contributed by atoms with E-state index in [9.17, 15) is 9.90 Å². The lowest BCUT2D eigenvalue weighted by atomic mass is 10.00. The number of anilines is 2. The molecule has 254 valence electrons. The Morgan fingerprint density at radius 1 is 0.958 bits per heavy atom. The molecule has 5 rings (SSSR count). The number of unbranched alkanes of at least 4 members (excludes halogenated alkanes) is 1. The van der Waals surface area contributed by atoms with Crippen molar-refractivity contribution in [3.8, 4) is 16.9 Å². The van der Waals surface area contributed by atoms with Crippen LogP contribution in [-0.2, 0) is 16.1 Å². The molecule has 0 saturated carbocycles. The predicted molar refractivity (Wildman–Crippen MR) is 194 cm³/mol. The second-order valence-electron chi connectivity index (χ2n) is 12.8. The normalized spacial score (nSPS) is 13.5. The highest BCUT2D eigenvalue weighted by Crippen LogP contribution is 2.34. The van der Waals surface area contributed by atoms with E-state index in [1.807, 2.05) is 53.2 Å². The van der Waals surface area contributed by atoms with Crippen LogP contribution < -0.4 is 15.0 Å². The zero-order valence-corrected chi connectivity index (χ0v) is 28.8. The summed E-state index contributed by atoms with van der Waals surface area (Å²) in [6.45, 7) is 13.0. The molecule has 3 aromatic carbocycles. The molecule has 2 N–H and O–H groups in total. The van der Waals surface area contributed by atoms with Crippen molar-refractivity contribution in [1.82, 2.24) is 9.55 Å². The minimum atomic E-state index is -0.836. The summed E-state index contributed by atoms with van der Waals surface area (Å²) in [4.78, 5) is 20.4. The van der Waals surface area contributed by atoms with Crippen LogP contribution in [0.4, 0.5) is 11.4 Å². The fourth-order valence-electron chi connectivity index (χ4n) is 6.00. The molecular formula is C40H50N4O4. The number of aliphatic hydroxyl groups is 1. The van der Waals surface area contributed by atoms with Crippen LogP contribution in [0, 0.1) is 5.92 Å². The molecule has 8 nitrogen and oxygen atoms in total. The van der Waals surface area contributed by atoms with Crippen molar-refractivity contribution in [2.75, 3.05) is 43.1 Å². The molecule has 1 aliphatic rings. The van der Waals surface area contributed by atoms with Crippen LogP contribution in [0.1, 0.15) is 76.4 Å². The minimum absolute atomic E-state index is 0.121. The maximum absolute atomic E-state index is 13.6. The molecular weight excluding hydrogens is 600 g/mol. The summed E-state index contributed by atoms with van der Waals surface area (Å²) in [5.74, 6) is 1.80. The summed E-state index contributed by atoms with van der Waals surface area (Å²) in [5.41, 5.74) is 6.48. The largest absolute Gasteiger partial charge is 0.491 e. The van der Waals surface area contributed by atoms with Crippen molar-refractivity contribution in [2.24, 2.45) is 5.92 Å². The Balaban J connectivity index is 1.30. The maximum atomic E-state index is 13.6. The number of nitrogens with one attached hydrogen (secondary N) is 1. The van der Waals surface area contributed by atoms with Gasteiger partial charge in [-0.05, 0) is 89.9 Å². The van der Waals surface area contributed by atoms with Gasteiger partial charge >= 0.3 is 0 Å². The van der Waals surface area contributed by atoms with Crippen LogP contribution in [0.3, 0.4) is 0 Å². The number of carbonyl (C=O) groups excluding carboxylic acids is 1. The molecule has 0 radical (unpaired) electrons. The Kier molecular flexibility index (Phi) is 12.5. The fourth-order valence-corrected chi connectivity index (χ4v) is 6.00. The third-order valence-corrected chi connectivity index (χ3v) is 8.49. The van der Waals surface area contributed by atoms with Crippen LogP contribution in [0.15, 0.2) is 84.7 Å². The Hall–Kier alpha value is -4.40. The van der Waals surface area contributed by atoms with Crippen molar-refractivity contribution >= 4 is 23.4 Å². The average Bonchev–Trinajstić information content (AvgIpc) is 3.48. The molecule has 1 aliphatic heterocycles. The summed E-state index contributed by atoms with van der Waals surface area (Å²) < 4.78 is 13.4. The Labute approximate surface area is 285 Å². The molecule has 8 heteroatoms. The van der Waals surface area contributed by atoms with E-state index in [4.69, 9.17) is 9.47 Å². The maximum Gasteiger partial charge on any atom is 0.251 e. The number of ether oxygens (including phenoxy) is 2. The van der Waals surface area contributed by atoms with Crippen molar-refractivity contribution in [3.05, 3.63) is 102 Å². The van der Waals surface area contributed by atoms with E-state index in [2.05, 4.69) is 73.2 Å². The van der Waals surface area contributed by atoms with Gasteiger partial charge in [0.25, 0.3) is 5.91 Å². The van der Waals surface area contributed by atoms with Crippen LogP contribution in [-0.4, -0.2) is 53.5 Å². The van der Waals surface area contributed by atoms with Gasteiger partial charge in [0.1, 0.15) is 24.3 Å². The first-order valence-corrected chi connectivity index (χ1v) is 17.4. The zero-order valence-electron chi connectivity index (χ0n) is 28.8. The highest BCUT2D eigenvalue weighted by atomic mass is 16.5. The average molecular weight is 651 g/mol. The number of benzene rings is 3. The van der Waals surface area contributed by atoms with Crippen LogP contribution in [0.2, 0.25) is 0 Å². The first kappa shape index (κ1) is 34.9. The van der Waals surface area contributed by atoms with Gasteiger partial charge in [0.2, 0.25) is 0 Å². The molecule has 0 aliphatic carbocycles. The Morgan fingerprint density at radius 3 is 2.46 bits per heavy atom. The second kappa shape index (κ2) is 17.1. The lowest BCUT2D eigenvalue weighted by molar-refractivity contribution is -0.112. The predicted octanol–water partition coefficient (Wildman–Crippen LogP) is 8.13. The number of rotatable bonds is 16. The number of amides is 1. The summed E-state index contributed by atoms with van der Waals surface area (Å²) in [7, 11) is 0. The van der Waals surface area contributed by atoms with Gasteiger partial charge in [-0.15, -0.1) is 0 Å². The number of fused-ring (bicyclic) bond motifs is 1. The molecule has 1 amide bonds. The van der Waals surface area contributed by atoms with Gasteiger partial charge in [-0.3, -0.25) is 4.79 Å². The van der Waals surface area contributed by atoms with Gasteiger partial charge < -0.3 is 29.4 Å². The lowest BCUT2D eigenvalue weighted by Crippen LogP contribution is -2.29. The molecule has 0 saturated heterocycles. The van der Waals surface area contributed by atoms with Gasteiger partial charge in [0, 0.05) is 55.6 Å². The van der Waals surface area contributed by atoms with E-state index in [-0.39, 0.29) is 5.91 Å². The Morgan fingerprint density at radius 2 is 1.73 bits per heavy atom.